The van der Waals surface area contributed by atoms with Gasteiger partial charge in [0.1, 0.15) is 0 Å². The van der Waals surface area contributed by atoms with Crippen molar-refractivity contribution in [3.63, 3.8) is 0 Å². The van der Waals surface area contributed by atoms with Gasteiger partial charge in [0.2, 0.25) is 10.0 Å². The molecular formula is C15H14Cl2N2O4S2. The predicted molar refractivity (Wildman–Crippen MR) is 97.1 cm³/mol. The molecule has 0 atom stereocenters. The molecule has 2 N–H and O–H groups in total. The van der Waals surface area contributed by atoms with Crippen molar-refractivity contribution < 1.29 is 16.8 Å². The highest BCUT2D eigenvalue weighted by Crippen LogP contribution is 2.27. The van der Waals surface area contributed by atoms with Crippen molar-refractivity contribution in [2.45, 2.75) is 28.7 Å². The van der Waals surface area contributed by atoms with E-state index >= 15 is 0 Å². The molecule has 2 aromatic rings. The Morgan fingerprint density at radius 3 is 1.96 bits per heavy atom. The highest BCUT2D eigenvalue weighted by Gasteiger charge is 2.28. The molecule has 134 valence electrons. The molecule has 0 aromatic heterocycles. The van der Waals surface area contributed by atoms with Crippen LogP contribution >= 0.6 is 23.2 Å². The number of rotatable bonds is 6. The molecular weight excluding hydrogens is 407 g/mol. The number of sulfonamides is 2. The number of hydrogen-bond donors (Lipinski definition) is 2. The summed E-state index contributed by atoms with van der Waals surface area (Å²) in [6, 6.07) is 9.41. The zero-order chi connectivity index (χ0) is 18.2. The van der Waals surface area contributed by atoms with Crippen molar-refractivity contribution >= 4 is 48.9 Å². The Morgan fingerprint density at radius 1 is 0.800 bits per heavy atom. The van der Waals surface area contributed by atoms with Gasteiger partial charge in [-0.25, -0.2) is 21.6 Å². The molecule has 0 bridgehead atoms. The van der Waals surface area contributed by atoms with E-state index in [0.717, 1.165) is 12.8 Å². The molecule has 0 unspecified atom stereocenters. The van der Waals surface area contributed by atoms with E-state index in [4.69, 9.17) is 23.2 Å². The molecule has 6 nitrogen and oxygen atoms in total. The van der Waals surface area contributed by atoms with Crippen LogP contribution < -0.4 is 9.44 Å². The Labute approximate surface area is 156 Å². The summed E-state index contributed by atoms with van der Waals surface area (Å²) in [5.74, 6) is 0. The van der Waals surface area contributed by atoms with Crippen molar-refractivity contribution in [1.29, 1.82) is 0 Å². The third kappa shape index (κ3) is 4.45. The highest BCUT2D eigenvalue weighted by molar-refractivity contribution is 7.92. The van der Waals surface area contributed by atoms with Gasteiger partial charge in [0.15, 0.2) is 0 Å². The quantitative estimate of drug-likeness (QED) is 0.749. The van der Waals surface area contributed by atoms with Crippen molar-refractivity contribution in [3.8, 4) is 0 Å². The van der Waals surface area contributed by atoms with Gasteiger partial charge in [-0.3, -0.25) is 4.72 Å². The third-order valence-electron chi connectivity index (χ3n) is 3.52. The Kier molecular flexibility index (Phi) is 5.00. The summed E-state index contributed by atoms with van der Waals surface area (Å²) >= 11 is 11.6. The van der Waals surface area contributed by atoms with Gasteiger partial charge in [0.25, 0.3) is 10.0 Å². The smallest absolute Gasteiger partial charge is 0.261 e. The van der Waals surface area contributed by atoms with E-state index in [-0.39, 0.29) is 31.6 Å². The molecule has 1 fully saturated rings. The van der Waals surface area contributed by atoms with E-state index in [0.29, 0.717) is 0 Å². The van der Waals surface area contributed by atoms with E-state index in [1.807, 2.05) is 0 Å². The van der Waals surface area contributed by atoms with E-state index in [1.54, 1.807) is 0 Å². The van der Waals surface area contributed by atoms with Crippen molar-refractivity contribution in [3.05, 3.63) is 52.5 Å². The van der Waals surface area contributed by atoms with Crippen LogP contribution in [-0.4, -0.2) is 22.9 Å². The first kappa shape index (κ1) is 18.5. The molecule has 1 aliphatic rings. The Morgan fingerprint density at radius 2 is 1.40 bits per heavy atom. The maximum absolute atomic E-state index is 12.4. The molecule has 0 amide bonds. The monoisotopic (exact) mass is 420 g/mol. The molecule has 1 saturated carbocycles. The maximum atomic E-state index is 12.4. The first-order chi connectivity index (χ1) is 11.7. The molecule has 2 aromatic carbocycles. The molecule has 1 aliphatic carbocycles. The minimum atomic E-state index is -3.87. The summed E-state index contributed by atoms with van der Waals surface area (Å²) in [6.07, 6.45) is 1.67. The van der Waals surface area contributed by atoms with Crippen LogP contribution in [0.4, 0.5) is 5.69 Å². The lowest BCUT2D eigenvalue weighted by atomic mass is 10.3. The van der Waals surface area contributed by atoms with Gasteiger partial charge in [0, 0.05) is 11.7 Å². The fourth-order valence-corrected chi connectivity index (χ4v) is 4.80. The van der Waals surface area contributed by atoms with Crippen LogP contribution in [-0.2, 0) is 20.0 Å². The summed E-state index contributed by atoms with van der Waals surface area (Å²) in [4.78, 5) is 0.0332. The van der Waals surface area contributed by atoms with Gasteiger partial charge in [0.05, 0.1) is 19.8 Å². The molecule has 25 heavy (non-hydrogen) atoms. The van der Waals surface area contributed by atoms with Crippen LogP contribution in [0.5, 0.6) is 0 Å². The SMILES string of the molecule is O=S(=O)(Nc1ccc(S(=O)(=O)NC2CC2)cc1)c1ccc(Cl)c(Cl)c1. The van der Waals surface area contributed by atoms with Crippen LogP contribution in [0, 0.1) is 0 Å². The fraction of sp³-hybridized carbons (Fsp3) is 0.200. The molecule has 0 radical (unpaired) electrons. The zero-order valence-electron chi connectivity index (χ0n) is 12.7. The van der Waals surface area contributed by atoms with E-state index in [2.05, 4.69) is 9.44 Å². The Balaban J connectivity index is 1.79. The average Bonchev–Trinajstić information content (AvgIpc) is 3.33. The van der Waals surface area contributed by atoms with Gasteiger partial charge >= 0.3 is 0 Å². The van der Waals surface area contributed by atoms with Crippen molar-refractivity contribution in [2.75, 3.05) is 4.72 Å². The van der Waals surface area contributed by atoms with Crippen LogP contribution in [0.2, 0.25) is 10.0 Å². The standard InChI is InChI=1S/C15H14Cl2N2O4S2/c16-14-8-7-13(9-15(14)17)25(22,23)19-11-3-5-12(6-4-11)24(20,21)18-10-1-2-10/h3-10,18-19H,1-2H2. The largest absolute Gasteiger partial charge is 0.280 e. The van der Waals surface area contributed by atoms with Crippen LogP contribution in [0.25, 0.3) is 0 Å². The predicted octanol–water partition coefficient (Wildman–Crippen LogP) is 3.23. The number of benzene rings is 2. The van der Waals surface area contributed by atoms with Crippen LogP contribution in [0.15, 0.2) is 52.3 Å². The second kappa shape index (κ2) is 6.77. The number of hydrogen-bond acceptors (Lipinski definition) is 4. The van der Waals surface area contributed by atoms with Gasteiger partial charge in [-0.1, -0.05) is 23.2 Å². The number of halogens is 2. The summed E-state index contributed by atoms with van der Waals surface area (Å²) in [6.45, 7) is 0. The topological polar surface area (TPSA) is 92.3 Å². The van der Waals surface area contributed by atoms with Gasteiger partial charge in [-0.15, -0.1) is 0 Å². The van der Waals surface area contributed by atoms with Gasteiger partial charge in [-0.2, -0.15) is 0 Å². The second-order valence-corrected chi connectivity index (χ2v) is 9.81. The summed E-state index contributed by atoms with van der Waals surface area (Å²) in [7, 11) is -7.45. The molecule has 0 saturated heterocycles. The van der Waals surface area contributed by atoms with Crippen molar-refractivity contribution in [1.82, 2.24) is 4.72 Å². The Hall–Kier alpha value is -1.32. The highest BCUT2D eigenvalue weighted by atomic mass is 35.5. The minimum Gasteiger partial charge on any atom is -0.280 e. The zero-order valence-corrected chi connectivity index (χ0v) is 15.9. The summed E-state index contributed by atoms with van der Waals surface area (Å²) in [5.41, 5.74) is 0.233. The summed E-state index contributed by atoms with van der Waals surface area (Å²) in [5, 5.41) is 0.371. The lowest BCUT2D eigenvalue weighted by molar-refractivity contribution is 0.581. The van der Waals surface area contributed by atoms with Gasteiger partial charge in [-0.05, 0) is 55.3 Å². The van der Waals surface area contributed by atoms with Crippen molar-refractivity contribution in [2.24, 2.45) is 0 Å². The maximum Gasteiger partial charge on any atom is 0.261 e. The van der Waals surface area contributed by atoms with E-state index in [9.17, 15) is 16.8 Å². The third-order valence-corrected chi connectivity index (χ3v) is 7.17. The lowest BCUT2D eigenvalue weighted by Gasteiger charge is -2.10. The fourth-order valence-electron chi connectivity index (χ4n) is 2.05. The lowest BCUT2D eigenvalue weighted by Crippen LogP contribution is -2.25. The molecule has 10 heteroatoms. The average molecular weight is 421 g/mol. The molecule has 0 aliphatic heterocycles. The first-order valence-electron chi connectivity index (χ1n) is 7.28. The van der Waals surface area contributed by atoms with Crippen LogP contribution in [0.1, 0.15) is 12.8 Å². The van der Waals surface area contributed by atoms with Crippen LogP contribution in [0.3, 0.4) is 0 Å². The molecule has 0 heterocycles. The normalized spacial score (nSPS) is 15.1. The first-order valence-corrected chi connectivity index (χ1v) is 11.0. The molecule has 0 spiro atoms. The minimum absolute atomic E-state index is 0.00201. The van der Waals surface area contributed by atoms with E-state index in [1.165, 1.54) is 42.5 Å². The summed E-state index contributed by atoms with van der Waals surface area (Å²) < 4.78 is 53.8. The van der Waals surface area contributed by atoms with E-state index < -0.39 is 20.0 Å². The Bertz CT molecular complexity index is 1000. The second-order valence-electron chi connectivity index (χ2n) is 5.60. The van der Waals surface area contributed by atoms with Gasteiger partial charge < -0.3 is 0 Å². The molecule has 3 rings (SSSR count). The number of nitrogens with one attached hydrogen (secondary N) is 2. The number of anilines is 1.